The van der Waals surface area contributed by atoms with Gasteiger partial charge in [0.15, 0.2) is 0 Å². The molecule has 2 aromatic rings. The molecule has 0 radical (unpaired) electrons. The van der Waals surface area contributed by atoms with Crippen LogP contribution in [0.5, 0.6) is 5.75 Å². The van der Waals surface area contributed by atoms with Crippen molar-refractivity contribution in [2.75, 3.05) is 23.7 Å². The molecule has 0 heterocycles. The van der Waals surface area contributed by atoms with Crippen LogP contribution in [0.4, 0.5) is 5.69 Å². The second kappa shape index (κ2) is 9.30. The number of hydrogen-bond acceptors (Lipinski definition) is 4. The molecule has 0 saturated heterocycles. The molecule has 8 heteroatoms. The lowest BCUT2D eigenvalue weighted by molar-refractivity contribution is -0.121. The van der Waals surface area contributed by atoms with Gasteiger partial charge in [0.1, 0.15) is 18.4 Å². The number of halogens is 1. The van der Waals surface area contributed by atoms with Crippen molar-refractivity contribution in [3.8, 4) is 5.75 Å². The molecule has 0 fully saturated rings. The van der Waals surface area contributed by atoms with E-state index in [9.17, 15) is 13.2 Å². The molecule has 1 amide bonds. The first-order chi connectivity index (χ1) is 13.1. The maximum Gasteiger partial charge on any atom is 0.243 e. The number of aryl methyl sites for hydroxylation is 2. The monoisotopic (exact) mass is 424 g/mol. The van der Waals surface area contributed by atoms with Gasteiger partial charge in [-0.3, -0.25) is 9.10 Å². The average Bonchev–Trinajstić information content (AvgIpc) is 2.56. The van der Waals surface area contributed by atoms with Crippen molar-refractivity contribution in [1.29, 1.82) is 0 Å². The van der Waals surface area contributed by atoms with Crippen LogP contribution in [0.1, 0.15) is 18.1 Å². The molecule has 0 aliphatic rings. The van der Waals surface area contributed by atoms with Crippen LogP contribution in [0.3, 0.4) is 0 Å². The van der Waals surface area contributed by atoms with E-state index in [-0.39, 0.29) is 13.2 Å². The van der Waals surface area contributed by atoms with Crippen LogP contribution in [0.2, 0.25) is 5.02 Å². The van der Waals surface area contributed by atoms with E-state index in [1.54, 1.807) is 18.2 Å². The molecule has 0 bridgehead atoms. The first-order valence-corrected chi connectivity index (χ1v) is 11.0. The fourth-order valence-corrected chi connectivity index (χ4v) is 4.28. The van der Waals surface area contributed by atoms with E-state index in [1.807, 2.05) is 32.0 Å². The van der Waals surface area contributed by atoms with Gasteiger partial charge in [0, 0.05) is 5.02 Å². The smallest absolute Gasteiger partial charge is 0.243 e. The molecule has 0 saturated carbocycles. The molecule has 0 aliphatic heterocycles. The highest BCUT2D eigenvalue weighted by atomic mass is 35.5. The van der Waals surface area contributed by atoms with Gasteiger partial charge in [0.05, 0.1) is 18.5 Å². The van der Waals surface area contributed by atoms with Crippen LogP contribution in [-0.4, -0.2) is 39.8 Å². The average molecular weight is 425 g/mol. The summed E-state index contributed by atoms with van der Waals surface area (Å²) in [6.07, 6.45) is 1.06. The molecule has 6 nitrogen and oxygen atoms in total. The highest BCUT2D eigenvalue weighted by Crippen LogP contribution is 2.24. The van der Waals surface area contributed by atoms with E-state index in [4.69, 9.17) is 16.3 Å². The van der Waals surface area contributed by atoms with E-state index >= 15 is 0 Å². The zero-order valence-corrected chi connectivity index (χ0v) is 18.0. The van der Waals surface area contributed by atoms with Gasteiger partial charge in [-0.15, -0.1) is 0 Å². The summed E-state index contributed by atoms with van der Waals surface area (Å²) in [5, 5.41) is 3.11. The second-order valence-electron chi connectivity index (χ2n) is 6.68. The minimum Gasteiger partial charge on any atom is -0.492 e. The van der Waals surface area contributed by atoms with Crippen molar-refractivity contribution < 1.29 is 17.9 Å². The molecular formula is C20H25ClN2O4S. The molecule has 0 unspecified atom stereocenters. The van der Waals surface area contributed by atoms with Crippen LogP contribution >= 0.6 is 11.6 Å². The van der Waals surface area contributed by atoms with Crippen molar-refractivity contribution in [2.24, 2.45) is 0 Å². The number of nitrogens with zero attached hydrogens (tertiary/aromatic N) is 1. The quantitative estimate of drug-likeness (QED) is 0.659. The van der Waals surface area contributed by atoms with Crippen LogP contribution in [0.25, 0.3) is 0 Å². The van der Waals surface area contributed by atoms with Crippen molar-refractivity contribution >= 4 is 33.2 Å². The van der Waals surface area contributed by atoms with Crippen molar-refractivity contribution in [3.63, 3.8) is 0 Å². The van der Waals surface area contributed by atoms with Crippen LogP contribution in [0, 0.1) is 13.8 Å². The minimum absolute atomic E-state index is 0.253. The predicted octanol–water partition coefficient (Wildman–Crippen LogP) is 3.31. The molecule has 1 atom stereocenters. The molecule has 0 spiro atoms. The normalized spacial score (nSPS) is 12.3. The number of benzene rings is 2. The maximum absolute atomic E-state index is 12.5. The lowest BCUT2D eigenvalue weighted by atomic mass is 10.1. The van der Waals surface area contributed by atoms with Crippen molar-refractivity contribution in [2.45, 2.75) is 26.8 Å². The van der Waals surface area contributed by atoms with Gasteiger partial charge in [0.25, 0.3) is 0 Å². The van der Waals surface area contributed by atoms with Crippen molar-refractivity contribution in [1.82, 2.24) is 5.32 Å². The Balaban J connectivity index is 1.99. The molecular weight excluding hydrogens is 400 g/mol. The second-order valence-corrected chi connectivity index (χ2v) is 8.97. The van der Waals surface area contributed by atoms with Gasteiger partial charge in [-0.25, -0.2) is 8.42 Å². The lowest BCUT2D eigenvalue weighted by Crippen LogP contribution is -2.48. The predicted molar refractivity (Wildman–Crippen MR) is 113 cm³/mol. The lowest BCUT2D eigenvalue weighted by Gasteiger charge is -2.28. The number of rotatable bonds is 8. The number of sulfonamides is 1. The summed E-state index contributed by atoms with van der Waals surface area (Å²) in [7, 11) is -3.68. The van der Waals surface area contributed by atoms with E-state index in [1.165, 1.54) is 13.0 Å². The fourth-order valence-electron chi connectivity index (χ4n) is 2.93. The molecule has 2 rings (SSSR count). The Bertz CT molecular complexity index is 927. The molecule has 28 heavy (non-hydrogen) atoms. The van der Waals surface area contributed by atoms with Gasteiger partial charge in [-0.05, 0) is 62.2 Å². The van der Waals surface area contributed by atoms with E-state index in [0.29, 0.717) is 10.7 Å². The summed E-state index contributed by atoms with van der Waals surface area (Å²) in [6.45, 7) is 6.03. The number of carbonyl (C=O) groups is 1. The summed E-state index contributed by atoms with van der Waals surface area (Å²) in [6, 6.07) is 11.3. The van der Waals surface area contributed by atoms with Crippen LogP contribution < -0.4 is 14.4 Å². The number of anilines is 1. The van der Waals surface area contributed by atoms with Crippen LogP contribution in [-0.2, 0) is 14.8 Å². The summed E-state index contributed by atoms with van der Waals surface area (Å²) in [5.74, 6) is 0.311. The van der Waals surface area contributed by atoms with Gasteiger partial charge >= 0.3 is 0 Å². The van der Waals surface area contributed by atoms with Gasteiger partial charge in [0.2, 0.25) is 15.9 Å². The van der Waals surface area contributed by atoms with Crippen LogP contribution in [0.15, 0.2) is 42.5 Å². The van der Waals surface area contributed by atoms with Gasteiger partial charge in [-0.1, -0.05) is 23.7 Å². The summed E-state index contributed by atoms with van der Waals surface area (Å²) in [5.41, 5.74) is 2.53. The minimum atomic E-state index is -3.68. The van der Waals surface area contributed by atoms with E-state index < -0.39 is 22.0 Å². The van der Waals surface area contributed by atoms with E-state index in [0.717, 1.165) is 27.4 Å². The van der Waals surface area contributed by atoms with Crippen molar-refractivity contribution in [3.05, 3.63) is 58.6 Å². The van der Waals surface area contributed by atoms with Gasteiger partial charge < -0.3 is 10.1 Å². The number of carbonyl (C=O) groups excluding carboxylic acids is 1. The number of amides is 1. The fraction of sp³-hybridized carbons (Fsp3) is 0.350. The number of hydrogen-bond donors (Lipinski definition) is 1. The Morgan fingerprint density at radius 2 is 1.82 bits per heavy atom. The third-order valence-corrected chi connectivity index (χ3v) is 5.49. The highest BCUT2D eigenvalue weighted by Gasteiger charge is 2.29. The summed E-state index contributed by atoms with van der Waals surface area (Å²) >= 11 is 5.97. The molecule has 152 valence electrons. The number of ether oxygens (including phenoxy) is 1. The zero-order chi connectivity index (χ0) is 20.9. The standard InChI is InChI=1S/C20H25ClN2O4S/c1-14-10-15(2)12-19(11-14)27-9-8-22-20(24)16(3)23(28(4,25)26)18-7-5-6-17(21)13-18/h5-7,10-13,16H,8-9H2,1-4H3,(H,22,24)/t16-/m0/s1. The Labute approximate surface area is 171 Å². The molecule has 0 aromatic heterocycles. The molecule has 0 aliphatic carbocycles. The topological polar surface area (TPSA) is 75.7 Å². The largest absolute Gasteiger partial charge is 0.492 e. The van der Waals surface area contributed by atoms with Gasteiger partial charge in [-0.2, -0.15) is 0 Å². The first kappa shape index (κ1) is 22.0. The first-order valence-electron chi connectivity index (χ1n) is 8.81. The third-order valence-electron chi connectivity index (χ3n) is 4.02. The third kappa shape index (κ3) is 6.14. The number of nitrogens with one attached hydrogen (secondary N) is 1. The highest BCUT2D eigenvalue weighted by molar-refractivity contribution is 7.92. The summed E-state index contributed by atoms with van der Waals surface area (Å²) < 4.78 is 31.2. The SMILES string of the molecule is Cc1cc(C)cc(OCCNC(=O)[C@H](C)N(c2cccc(Cl)c2)S(C)(=O)=O)c1. The maximum atomic E-state index is 12.5. The Morgan fingerprint density at radius 1 is 1.18 bits per heavy atom. The molecule has 2 aromatic carbocycles. The summed E-state index contributed by atoms with van der Waals surface area (Å²) in [4.78, 5) is 12.5. The Hall–Kier alpha value is -2.25. The Morgan fingerprint density at radius 3 is 2.39 bits per heavy atom. The Kier molecular flexibility index (Phi) is 7.32. The molecule has 1 N–H and O–H groups in total. The zero-order valence-electron chi connectivity index (χ0n) is 16.4. The van der Waals surface area contributed by atoms with E-state index in [2.05, 4.69) is 5.32 Å².